The first kappa shape index (κ1) is 49.5. The second-order valence-corrected chi connectivity index (χ2v) is 14.7. The van der Waals surface area contributed by atoms with Gasteiger partial charge in [-0.2, -0.15) is 15.6 Å². The van der Waals surface area contributed by atoms with E-state index >= 15 is 0 Å². The number of methoxy groups -OCH3 is 1. The average molecular weight is 796 g/mol. The standard InChI is InChI=1S/C16H21N3O.C9H13NO2.C8H14O3.C7H10N2.C2H3N.ClH/c1-12-3-5-13(6-4-12)19-15(17)11-14(18-19)16(2)7-9-20-10-8-16;1-9(8(11)2-5-10)3-6-12-7-4-9;1-8(7(9)10-2)3-5-11-6-4-8;1-6-2-4-7(9-8)5-3-6;1-2-3;/h3-6,11H,7-10,17H2,1-2H3;2-4,6-7H2,1H3;3-6H2,1-2H3;2-5,9H,8H2,1H3;1H3;1H. The summed E-state index contributed by atoms with van der Waals surface area (Å²) in [7, 11) is 1.43. The molecule has 0 amide bonds. The van der Waals surface area contributed by atoms with Crippen LogP contribution in [0.1, 0.15) is 89.5 Å². The van der Waals surface area contributed by atoms with Crippen molar-refractivity contribution in [3.8, 4) is 17.8 Å². The number of aromatic nitrogens is 2. The summed E-state index contributed by atoms with van der Waals surface area (Å²) in [5.74, 6) is 5.79. The predicted molar refractivity (Wildman–Crippen MR) is 221 cm³/mol. The topological polar surface area (TPSA) is 201 Å². The quantitative estimate of drug-likeness (QED) is 0.128. The monoisotopic (exact) mass is 795 g/mol. The molecule has 308 valence electrons. The van der Waals surface area contributed by atoms with Crippen LogP contribution in [0.15, 0.2) is 54.6 Å². The molecule has 56 heavy (non-hydrogen) atoms. The lowest BCUT2D eigenvalue weighted by atomic mass is 9.77. The number of rotatable bonds is 6. The van der Waals surface area contributed by atoms with Crippen LogP contribution in [0.4, 0.5) is 11.5 Å². The largest absolute Gasteiger partial charge is 0.469 e. The highest BCUT2D eigenvalue weighted by atomic mass is 35.5. The number of carbonyl (C=O) groups is 2. The molecule has 0 radical (unpaired) electrons. The van der Waals surface area contributed by atoms with Crippen molar-refractivity contribution in [2.45, 2.75) is 91.9 Å². The minimum Gasteiger partial charge on any atom is -0.469 e. The summed E-state index contributed by atoms with van der Waals surface area (Å²) >= 11 is 0. The second kappa shape index (κ2) is 24.9. The average Bonchev–Trinajstić information content (AvgIpc) is 3.59. The Balaban J connectivity index is 0.000000380. The van der Waals surface area contributed by atoms with Gasteiger partial charge in [-0.15, -0.1) is 12.4 Å². The fourth-order valence-electron chi connectivity index (χ4n) is 5.97. The Kier molecular flexibility index (Phi) is 22.0. The third-order valence-corrected chi connectivity index (χ3v) is 10.2. The van der Waals surface area contributed by atoms with Crippen molar-refractivity contribution >= 4 is 35.7 Å². The molecule has 3 saturated heterocycles. The van der Waals surface area contributed by atoms with Crippen LogP contribution in [0.3, 0.4) is 0 Å². The zero-order valence-corrected chi connectivity index (χ0v) is 35.0. The summed E-state index contributed by atoms with van der Waals surface area (Å²) in [6.07, 6.45) is 5.10. The van der Waals surface area contributed by atoms with E-state index in [-0.39, 0.29) is 46.8 Å². The van der Waals surface area contributed by atoms with Crippen molar-refractivity contribution in [3.63, 3.8) is 0 Å². The number of aryl methyl sites for hydroxylation is 2. The molecule has 5 N–H and O–H groups in total. The number of nitrogens with one attached hydrogen (secondary N) is 1. The van der Waals surface area contributed by atoms with E-state index in [0.29, 0.717) is 32.2 Å². The number of benzene rings is 2. The van der Waals surface area contributed by atoms with Crippen molar-refractivity contribution in [3.05, 3.63) is 71.4 Å². The lowest BCUT2D eigenvalue weighted by Gasteiger charge is -2.31. The van der Waals surface area contributed by atoms with Crippen LogP contribution in [-0.4, -0.2) is 68.3 Å². The Labute approximate surface area is 339 Å². The van der Waals surface area contributed by atoms with Crippen LogP contribution >= 0.6 is 12.4 Å². The van der Waals surface area contributed by atoms with E-state index in [4.69, 9.17) is 46.1 Å². The lowest BCUT2D eigenvalue weighted by Crippen LogP contribution is -2.35. The van der Waals surface area contributed by atoms with Crippen LogP contribution in [0.2, 0.25) is 0 Å². The zero-order valence-electron chi connectivity index (χ0n) is 34.2. The van der Waals surface area contributed by atoms with E-state index in [1.165, 1.54) is 25.2 Å². The molecule has 3 aliphatic rings. The molecule has 13 nitrogen and oxygen atoms in total. The first-order valence-electron chi connectivity index (χ1n) is 18.7. The molecule has 0 saturated carbocycles. The van der Waals surface area contributed by atoms with Gasteiger partial charge in [0.15, 0.2) is 5.78 Å². The van der Waals surface area contributed by atoms with Crippen LogP contribution in [0.25, 0.3) is 5.69 Å². The Hall–Kier alpha value is -4.50. The molecular weight excluding hydrogens is 734 g/mol. The summed E-state index contributed by atoms with van der Waals surface area (Å²) in [5.41, 5.74) is 13.7. The van der Waals surface area contributed by atoms with Gasteiger partial charge in [-0.1, -0.05) is 49.2 Å². The van der Waals surface area contributed by atoms with Gasteiger partial charge < -0.3 is 30.1 Å². The molecule has 2 aromatic carbocycles. The van der Waals surface area contributed by atoms with Crippen LogP contribution in [0, 0.1) is 47.3 Å². The SMILES string of the molecule is CC#N.CC1(C(=O)CC#N)CCOCC1.COC(=O)C1(C)CCOCC1.Cc1ccc(-n2nc(C3(C)CCOCC3)cc2N)cc1.Cc1ccc(NN)cc1.Cl. The first-order chi connectivity index (χ1) is 26.2. The number of anilines is 2. The van der Waals surface area contributed by atoms with Crippen molar-refractivity contribution in [1.29, 1.82) is 10.5 Å². The van der Waals surface area contributed by atoms with Gasteiger partial charge in [0.25, 0.3) is 0 Å². The maximum absolute atomic E-state index is 11.4. The minimum atomic E-state index is -0.299. The predicted octanol–water partition coefficient (Wildman–Crippen LogP) is 7.33. The van der Waals surface area contributed by atoms with Crippen LogP contribution in [-0.2, 0) is 34.0 Å². The number of Topliss-reactive ketones (excluding diaryl/α,β-unsaturated/α-hetero) is 1. The number of nitrogen functional groups attached to an aromatic ring is 2. The summed E-state index contributed by atoms with van der Waals surface area (Å²) in [6, 6.07) is 21.8. The highest BCUT2D eigenvalue weighted by molar-refractivity contribution is 5.86. The molecule has 1 aromatic heterocycles. The van der Waals surface area contributed by atoms with Crippen molar-refractivity contribution in [2.24, 2.45) is 16.7 Å². The number of hydrogen-bond donors (Lipinski definition) is 3. The minimum absolute atomic E-state index is 0. The lowest BCUT2D eigenvalue weighted by molar-refractivity contribution is -0.157. The Morgan fingerprint density at radius 3 is 1.68 bits per heavy atom. The van der Waals surface area contributed by atoms with Gasteiger partial charge in [0.05, 0.1) is 42.5 Å². The molecule has 3 aromatic rings. The number of hydrogen-bond acceptors (Lipinski definition) is 12. The third-order valence-electron chi connectivity index (χ3n) is 10.2. The number of esters is 1. The molecule has 0 spiro atoms. The molecular formula is C42H62ClN7O6. The van der Waals surface area contributed by atoms with Gasteiger partial charge in [-0.3, -0.25) is 15.4 Å². The Morgan fingerprint density at radius 2 is 1.25 bits per heavy atom. The Morgan fingerprint density at radius 1 is 0.821 bits per heavy atom. The number of nitrogens with zero attached hydrogens (tertiary/aromatic N) is 4. The number of hydrazine groups is 1. The smallest absolute Gasteiger partial charge is 0.311 e. The normalized spacial score (nSPS) is 17.1. The number of ketones is 1. The molecule has 14 heteroatoms. The van der Waals surface area contributed by atoms with Gasteiger partial charge in [0, 0.05) is 69.1 Å². The van der Waals surface area contributed by atoms with E-state index in [2.05, 4.69) is 43.5 Å². The molecule has 0 bridgehead atoms. The first-order valence-corrected chi connectivity index (χ1v) is 18.7. The van der Waals surface area contributed by atoms with Gasteiger partial charge >= 0.3 is 5.97 Å². The number of halogens is 1. The number of ether oxygens (including phenoxy) is 4. The molecule has 3 fully saturated rings. The molecule has 4 heterocycles. The molecule has 6 rings (SSSR count). The fraction of sp³-hybridized carbons (Fsp3) is 0.548. The van der Waals surface area contributed by atoms with E-state index in [0.717, 1.165) is 68.8 Å². The molecule has 3 aliphatic heterocycles. The second-order valence-electron chi connectivity index (χ2n) is 14.7. The van der Waals surface area contributed by atoms with Gasteiger partial charge in [0.2, 0.25) is 0 Å². The maximum Gasteiger partial charge on any atom is 0.311 e. The Bertz CT molecular complexity index is 1680. The highest BCUT2D eigenvalue weighted by Crippen LogP contribution is 2.35. The number of nitrogens with two attached hydrogens (primary N) is 2. The van der Waals surface area contributed by atoms with Crippen molar-refractivity contribution in [2.75, 3.05) is 57.9 Å². The van der Waals surface area contributed by atoms with Gasteiger partial charge in [-0.25, -0.2) is 4.68 Å². The molecule has 0 aliphatic carbocycles. The van der Waals surface area contributed by atoms with E-state index in [1.807, 2.05) is 61.9 Å². The van der Waals surface area contributed by atoms with Crippen LogP contribution in [0.5, 0.6) is 0 Å². The molecule has 0 atom stereocenters. The molecule has 0 unspecified atom stereocenters. The van der Waals surface area contributed by atoms with Crippen LogP contribution < -0.4 is 17.0 Å². The van der Waals surface area contributed by atoms with Gasteiger partial charge in [0.1, 0.15) is 5.82 Å². The van der Waals surface area contributed by atoms with Crippen molar-refractivity contribution < 1.29 is 28.5 Å². The maximum atomic E-state index is 11.4. The fourth-order valence-corrected chi connectivity index (χ4v) is 5.97. The van der Waals surface area contributed by atoms with E-state index in [9.17, 15) is 9.59 Å². The summed E-state index contributed by atoms with van der Waals surface area (Å²) in [4.78, 5) is 22.7. The third kappa shape index (κ3) is 15.6. The summed E-state index contributed by atoms with van der Waals surface area (Å²) < 4.78 is 22.3. The van der Waals surface area contributed by atoms with Gasteiger partial charge in [-0.05, 0) is 83.6 Å². The summed E-state index contributed by atoms with van der Waals surface area (Å²) in [6.45, 7) is 15.9. The zero-order chi connectivity index (χ0) is 40.9. The summed E-state index contributed by atoms with van der Waals surface area (Å²) in [5, 5.41) is 20.4. The number of carbonyl (C=O) groups excluding carboxylic acids is 2. The van der Waals surface area contributed by atoms with E-state index in [1.54, 1.807) is 6.07 Å². The number of nitriles is 2. The van der Waals surface area contributed by atoms with E-state index < -0.39 is 0 Å². The van der Waals surface area contributed by atoms with Crippen molar-refractivity contribution in [1.82, 2.24) is 9.78 Å². The highest BCUT2D eigenvalue weighted by Gasteiger charge is 2.36.